The van der Waals surface area contributed by atoms with E-state index in [1.165, 1.54) is 71.8 Å². The molecule has 0 atom stereocenters. The highest BCUT2D eigenvalue weighted by Crippen LogP contribution is 2.51. The zero-order chi connectivity index (χ0) is 38.6. The van der Waals surface area contributed by atoms with Crippen LogP contribution in [0.5, 0.6) is 0 Å². The van der Waals surface area contributed by atoms with E-state index in [1.54, 1.807) is 0 Å². The zero-order valence-corrected chi connectivity index (χ0v) is 32.4. The van der Waals surface area contributed by atoms with Gasteiger partial charge in [-0.2, -0.15) is 0 Å². The number of nitrogens with zero attached hydrogens (tertiary/aromatic N) is 1. The monoisotopic (exact) mass is 743 g/mol. The normalized spacial score (nSPS) is 12.8. The molecule has 0 aliphatic heterocycles. The fraction of sp³-hybridized carbons (Fsp3) is 0.0714. The highest BCUT2D eigenvalue weighted by Gasteiger charge is 2.40. The maximum atomic E-state index is 6.58. The summed E-state index contributed by atoms with van der Waals surface area (Å²) >= 11 is 0. The van der Waals surface area contributed by atoms with Crippen molar-refractivity contribution in [3.8, 4) is 33.4 Å². The molecule has 0 spiro atoms. The second kappa shape index (κ2) is 13.8. The van der Waals surface area contributed by atoms with E-state index < -0.39 is 0 Å². The van der Waals surface area contributed by atoms with Gasteiger partial charge in [0.05, 0.1) is 0 Å². The Morgan fingerprint density at radius 2 is 1.00 bits per heavy atom. The van der Waals surface area contributed by atoms with E-state index in [2.05, 4.69) is 218 Å². The van der Waals surface area contributed by atoms with Crippen LogP contribution < -0.4 is 4.90 Å². The van der Waals surface area contributed by atoms with Gasteiger partial charge >= 0.3 is 0 Å². The van der Waals surface area contributed by atoms with Crippen molar-refractivity contribution in [1.82, 2.24) is 0 Å². The predicted molar refractivity (Wildman–Crippen MR) is 243 cm³/mol. The van der Waals surface area contributed by atoms with Gasteiger partial charge in [0.1, 0.15) is 11.2 Å². The van der Waals surface area contributed by atoms with Crippen molar-refractivity contribution in [1.29, 1.82) is 0 Å². The number of fused-ring (bicyclic) bond motifs is 7. The summed E-state index contributed by atoms with van der Waals surface area (Å²) in [6, 6.07) is 75.1. The molecule has 1 aliphatic carbocycles. The lowest BCUT2D eigenvalue weighted by Gasteiger charge is -2.31. The second-order valence-electron chi connectivity index (χ2n) is 15.9. The highest BCUT2D eigenvalue weighted by atomic mass is 16.3. The van der Waals surface area contributed by atoms with E-state index in [9.17, 15) is 0 Å². The van der Waals surface area contributed by atoms with Crippen LogP contribution in [0.25, 0.3) is 66.1 Å². The molecule has 0 radical (unpaired) electrons. The lowest BCUT2D eigenvalue weighted by atomic mass is 9.74. The van der Waals surface area contributed by atoms with E-state index in [4.69, 9.17) is 4.42 Å². The van der Waals surface area contributed by atoms with Crippen molar-refractivity contribution in [2.45, 2.75) is 25.3 Å². The number of benzene rings is 9. The lowest BCUT2D eigenvalue weighted by molar-refractivity contribution is 0.581. The smallest absolute Gasteiger partial charge is 0.135 e. The number of hydrogen-bond donors (Lipinski definition) is 0. The quantitative estimate of drug-likeness (QED) is 0.154. The zero-order valence-electron chi connectivity index (χ0n) is 32.4. The summed E-state index contributed by atoms with van der Waals surface area (Å²) in [4.78, 5) is 2.48. The Kier molecular flexibility index (Phi) is 8.11. The van der Waals surface area contributed by atoms with Crippen LogP contribution in [0.1, 0.15) is 29.2 Å². The van der Waals surface area contributed by atoms with Gasteiger partial charge in [-0.25, -0.2) is 0 Å². The van der Waals surface area contributed by atoms with Crippen LogP contribution in [0.2, 0.25) is 0 Å². The van der Waals surface area contributed by atoms with Gasteiger partial charge in [0.15, 0.2) is 0 Å². The Balaban J connectivity index is 1.06. The van der Waals surface area contributed by atoms with Crippen LogP contribution in [0.15, 0.2) is 211 Å². The van der Waals surface area contributed by atoms with Gasteiger partial charge in [-0.1, -0.05) is 171 Å². The maximum Gasteiger partial charge on any atom is 0.135 e. The van der Waals surface area contributed by atoms with E-state index in [1.807, 2.05) is 0 Å². The molecule has 11 rings (SSSR count). The molecule has 0 bridgehead atoms. The molecule has 10 aromatic rings. The Bertz CT molecular complexity index is 3070. The number of hydrogen-bond acceptors (Lipinski definition) is 2. The summed E-state index contributed by atoms with van der Waals surface area (Å²) in [7, 11) is 0. The molecule has 0 N–H and O–H groups in total. The summed E-state index contributed by atoms with van der Waals surface area (Å²) in [6.07, 6.45) is 0.832. The summed E-state index contributed by atoms with van der Waals surface area (Å²) in [5.74, 6) is 0. The maximum absolute atomic E-state index is 6.58. The van der Waals surface area contributed by atoms with E-state index in [0.717, 1.165) is 34.3 Å². The Labute approximate surface area is 339 Å². The topological polar surface area (TPSA) is 16.4 Å². The van der Waals surface area contributed by atoms with Gasteiger partial charge in [0.2, 0.25) is 0 Å². The van der Waals surface area contributed by atoms with Crippen LogP contribution in [-0.4, -0.2) is 0 Å². The van der Waals surface area contributed by atoms with Crippen LogP contribution in [0.3, 0.4) is 0 Å². The SMILES string of the molecule is CC1(Cc2c(CN(c3ccc(-c4ccccc4)cc3)c3ccc(-c4ccc5ccccc5c4)cc3)ccc3oc4ccccc4c23)c2ccccc2-c2ccccc21. The molecule has 0 saturated heterocycles. The molecule has 1 aromatic heterocycles. The fourth-order valence-corrected chi connectivity index (χ4v) is 9.54. The molecule has 0 unspecified atom stereocenters. The Morgan fingerprint density at radius 1 is 0.448 bits per heavy atom. The summed E-state index contributed by atoms with van der Waals surface area (Å²) < 4.78 is 6.58. The summed E-state index contributed by atoms with van der Waals surface area (Å²) in [5, 5.41) is 4.88. The van der Waals surface area contributed by atoms with Crippen molar-refractivity contribution in [3.63, 3.8) is 0 Å². The number of para-hydroxylation sites is 1. The molecule has 58 heavy (non-hydrogen) atoms. The largest absolute Gasteiger partial charge is 0.456 e. The first kappa shape index (κ1) is 34.1. The van der Waals surface area contributed by atoms with Gasteiger partial charge < -0.3 is 9.32 Å². The second-order valence-corrected chi connectivity index (χ2v) is 15.9. The van der Waals surface area contributed by atoms with Crippen LogP contribution in [-0.2, 0) is 18.4 Å². The third-order valence-corrected chi connectivity index (χ3v) is 12.5. The van der Waals surface area contributed by atoms with Crippen LogP contribution in [0, 0.1) is 0 Å². The molecule has 9 aromatic carbocycles. The summed E-state index contributed by atoms with van der Waals surface area (Å²) in [5.41, 5.74) is 16.8. The first-order valence-corrected chi connectivity index (χ1v) is 20.2. The molecule has 2 heteroatoms. The standard InChI is InChI=1S/C56H41NO/c1-56(51-20-10-7-17-47(51)48-18-8-11-21-52(48)56)36-50-44(29-34-54-55(50)49-19-9-12-22-53(49)58-54)37-57(45-30-25-40(26-31-45)38-13-3-2-4-14-38)46-32-27-41(28-33-46)43-24-23-39-15-5-6-16-42(39)35-43/h2-35H,36-37H2,1H3. The van der Waals surface area contributed by atoms with E-state index in [0.29, 0.717) is 6.54 Å². The highest BCUT2D eigenvalue weighted by molar-refractivity contribution is 6.07. The molecular formula is C56H41NO. The Hall–Kier alpha value is -7.16. The molecule has 2 nitrogen and oxygen atoms in total. The lowest BCUT2D eigenvalue weighted by Crippen LogP contribution is -2.26. The fourth-order valence-electron chi connectivity index (χ4n) is 9.54. The first-order chi connectivity index (χ1) is 28.6. The van der Waals surface area contributed by atoms with Crippen molar-refractivity contribution in [3.05, 3.63) is 229 Å². The van der Waals surface area contributed by atoms with Gasteiger partial charge in [0.25, 0.3) is 0 Å². The van der Waals surface area contributed by atoms with E-state index >= 15 is 0 Å². The number of rotatable bonds is 8. The Morgan fingerprint density at radius 3 is 1.71 bits per heavy atom. The van der Waals surface area contributed by atoms with Gasteiger partial charge in [-0.3, -0.25) is 0 Å². The third-order valence-electron chi connectivity index (χ3n) is 12.5. The van der Waals surface area contributed by atoms with Gasteiger partial charge in [-0.15, -0.1) is 0 Å². The van der Waals surface area contributed by atoms with Crippen molar-refractivity contribution >= 4 is 44.1 Å². The molecule has 1 heterocycles. The molecule has 276 valence electrons. The number of anilines is 2. The number of furan rings is 1. The van der Waals surface area contributed by atoms with Crippen LogP contribution >= 0.6 is 0 Å². The average molecular weight is 744 g/mol. The molecule has 1 aliphatic rings. The minimum atomic E-state index is -0.238. The minimum absolute atomic E-state index is 0.238. The van der Waals surface area contributed by atoms with Gasteiger partial charge in [0, 0.05) is 34.1 Å². The first-order valence-electron chi connectivity index (χ1n) is 20.2. The molecular weight excluding hydrogens is 703 g/mol. The minimum Gasteiger partial charge on any atom is -0.456 e. The third kappa shape index (κ3) is 5.72. The molecule has 0 fully saturated rings. The van der Waals surface area contributed by atoms with Crippen molar-refractivity contribution in [2.75, 3.05) is 4.90 Å². The van der Waals surface area contributed by atoms with Gasteiger partial charge in [-0.05, 0) is 115 Å². The van der Waals surface area contributed by atoms with Crippen molar-refractivity contribution < 1.29 is 4.42 Å². The average Bonchev–Trinajstić information content (AvgIpc) is 3.79. The predicted octanol–water partition coefficient (Wildman–Crippen LogP) is 14.9. The molecule has 0 amide bonds. The van der Waals surface area contributed by atoms with Crippen LogP contribution in [0.4, 0.5) is 11.4 Å². The summed E-state index contributed by atoms with van der Waals surface area (Å²) in [6.45, 7) is 3.12. The molecule has 0 saturated carbocycles. The van der Waals surface area contributed by atoms with Crippen molar-refractivity contribution in [2.24, 2.45) is 0 Å². The van der Waals surface area contributed by atoms with E-state index in [-0.39, 0.29) is 5.41 Å².